The second-order valence-electron chi connectivity index (χ2n) is 6.55. The molecule has 1 N–H and O–H groups in total. The highest BCUT2D eigenvalue weighted by atomic mass is 32.2. The Morgan fingerprint density at radius 1 is 1.22 bits per heavy atom. The van der Waals surface area contributed by atoms with Gasteiger partial charge in [0.25, 0.3) is 0 Å². The van der Waals surface area contributed by atoms with Crippen LogP contribution in [-0.2, 0) is 14.8 Å². The van der Waals surface area contributed by atoms with E-state index in [1.807, 2.05) is 39.8 Å². The number of anilines is 2. The number of carbonyl (C=O) groups is 1. The van der Waals surface area contributed by atoms with Crippen molar-refractivity contribution in [3.63, 3.8) is 0 Å². The fourth-order valence-corrected chi connectivity index (χ4v) is 5.66. The lowest BCUT2D eigenvalue weighted by Gasteiger charge is -2.29. The Morgan fingerprint density at radius 2 is 1.89 bits per heavy atom. The maximum atomic E-state index is 12.7. The molecule has 0 bridgehead atoms. The Balaban J connectivity index is 2.27. The summed E-state index contributed by atoms with van der Waals surface area (Å²) in [4.78, 5) is 12.7. The summed E-state index contributed by atoms with van der Waals surface area (Å²) >= 11 is 2.82. The van der Waals surface area contributed by atoms with Crippen LogP contribution in [0.25, 0.3) is 0 Å². The third-order valence-corrected chi connectivity index (χ3v) is 6.82. The van der Waals surface area contributed by atoms with Gasteiger partial charge in [-0.15, -0.1) is 10.2 Å². The average Bonchev–Trinajstić information content (AvgIpc) is 2.95. The van der Waals surface area contributed by atoms with Crippen LogP contribution in [0.5, 0.6) is 0 Å². The molecule has 10 heteroatoms. The zero-order chi connectivity index (χ0) is 20.4. The molecule has 148 valence electrons. The molecule has 0 unspecified atom stereocenters. The number of rotatable bonds is 7. The van der Waals surface area contributed by atoms with Crippen molar-refractivity contribution in [2.24, 2.45) is 0 Å². The van der Waals surface area contributed by atoms with E-state index in [0.29, 0.717) is 16.1 Å². The number of carbonyl (C=O) groups excluding carboxylic acids is 1. The molecule has 27 heavy (non-hydrogen) atoms. The molecule has 0 fully saturated rings. The number of thioether (sulfide) groups is 1. The second kappa shape index (κ2) is 8.57. The van der Waals surface area contributed by atoms with Gasteiger partial charge in [-0.2, -0.15) is 0 Å². The molecule has 2 aromatic rings. The van der Waals surface area contributed by atoms with E-state index in [4.69, 9.17) is 0 Å². The molecule has 0 saturated heterocycles. The molecular formula is C17H24N4O3S3. The first-order valence-corrected chi connectivity index (χ1v) is 11.9. The van der Waals surface area contributed by atoms with Crippen molar-refractivity contribution in [2.75, 3.05) is 15.9 Å². The second-order valence-corrected chi connectivity index (χ2v) is 11.2. The SMILES string of the molecule is Cc1ccc(C)c(N([C@H](C)C(=O)Nc2nnc(SC(C)C)s2)S(C)(=O)=O)c1. The van der Waals surface area contributed by atoms with E-state index in [-0.39, 0.29) is 0 Å². The summed E-state index contributed by atoms with van der Waals surface area (Å²) in [6, 6.07) is 4.57. The van der Waals surface area contributed by atoms with E-state index in [9.17, 15) is 13.2 Å². The monoisotopic (exact) mass is 428 g/mol. The molecule has 0 radical (unpaired) electrons. The van der Waals surface area contributed by atoms with E-state index in [1.54, 1.807) is 24.8 Å². The number of hydrogen-bond donors (Lipinski definition) is 1. The Morgan fingerprint density at radius 3 is 2.48 bits per heavy atom. The number of amides is 1. The molecule has 0 aliphatic heterocycles. The highest BCUT2D eigenvalue weighted by Gasteiger charge is 2.30. The van der Waals surface area contributed by atoms with Crippen LogP contribution < -0.4 is 9.62 Å². The van der Waals surface area contributed by atoms with Crippen LogP contribution in [0, 0.1) is 13.8 Å². The molecule has 1 aromatic heterocycles. The molecule has 1 amide bonds. The lowest BCUT2D eigenvalue weighted by atomic mass is 10.1. The minimum absolute atomic E-state index is 0.351. The molecule has 7 nitrogen and oxygen atoms in total. The van der Waals surface area contributed by atoms with Gasteiger partial charge >= 0.3 is 0 Å². The van der Waals surface area contributed by atoms with Gasteiger partial charge < -0.3 is 0 Å². The van der Waals surface area contributed by atoms with Gasteiger partial charge in [-0.1, -0.05) is 49.1 Å². The Hall–Kier alpha value is -1.65. The Labute approximate surface area is 168 Å². The van der Waals surface area contributed by atoms with Gasteiger partial charge in [0.2, 0.25) is 21.1 Å². The normalized spacial score (nSPS) is 12.9. The predicted octanol–water partition coefficient (Wildman–Crippen LogP) is 3.45. The van der Waals surface area contributed by atoms with Crippen molar-refractivity contribution in [1.82, 2.24) is 10.2 Å². The fourth-order valence-electron chi connectivity index (χ4n) is 2.46. The molecular weight excluding hydrogens is 404 g/mol. The highest BCUT2D eigenvalue weighted by Crippen LogP contribution is 2.30. The lowest BCUT2D eigenvalue weighted by molar-refractivity contribution is -0.116. The molecule has 0 aliphatic carbocycles. The number of benzene rings is 1. The van der Waals surface area contributed by atoms with Crippen molar-refractivity contribution in [3.05, 3.63) is 29.3 Å². The highest BCUT2D eigenvalue weighted by molar-refractivity contribution is 8.01. The van der Waals surface area contributed by atoms with Crippen molar-refractivity contribution >= 4 is 49.8 Å². The fraction of sp³-hybridized carbons (Fsp3) is 0.471. The summed E-state index contributed by atoms with van der Waals surface area (Å²) < 4.78 is 26.8. The number of nitrogens with one attached hydrogen (secondary N) is 1. The van der Waals surface area contributed by atoms with E-state index in [2.05, 4.69) is 15.5 Å². The minimum Gasteiger partial charge on any atom is -0.299 e. The Bertz CT molecular complexity index is 925. The molecule has 1 heterocycles. The van der Waals surface area contributed by atoms with Gasteiger partial charge in [0, 0.05) is 5.25 Å². The van der Waals surface area contributed by atoms with Gasteiger partial charge in [0.1, 0.15) is 6.04 Å². The molecule has 2 rings (SSSR count). The zero-order valence-electron chi connectivity index (χ0n) is 16.2. The standard InChI is InChI=1S/C17H24N4O3S3/c1-10(2)25-17-20-19-16(26-17)18-15(22)13(5)21(27(6,23)24)14-9-11(3)7-8-12(14)4/h7-10,13H,1-6H3,(H,18,19,22)/t13-/m1/s1. The van der Waals surface area contributed by atoms with E-state index in [1.165, 1.54) is 11.3 Å². The number of aryl methyl sites for hydroxylation is 2. The molecule has 0 aliphatic rings. The number of sulfonamides is 1. The Kier molecular flexibility index (Phi) is 6.87. The van der Waals surface area contributed by atoms with Gasteiger partial charge in [0.05, 0.1) is 11.9 Å². The molecule has 1 aromatic carbocycles. The largest absolute Gasteiger partial charge is 0.299 e. The minimum atomic E-state index is -3.67. The first-order valence-electron chi connectivity index (χ1n) is 8.36. The van der Waals surface area contributed by atoms with Crippen molar-refractivity contribution < 1.29 is 13.2 Å². The average molecular weight is 429 g/mol. The van der Waals surface area contributed by atoms with Crippen molar-refractivity contribution in [1.29, 1.82) is 0 Å². The van der Waals surface area contributed by atoms with Crippen LogP contribution in [0.4, 0.5) is 10.8 Å². The van der Waals surface area contributed by atoms with Crippen LogP contribution in [0.1, 0.15) is 31.9 Å². The van der Waals surface area contributed by atoms with Gasteiger partial charge in [-0.3, -0.25) is 14.4 Å². The van der Waals surface area contributed by atoms with Gasteiger partial charge in [-0.05, 0) is 38.0 Å². The third kappa shape index (κ3) is 5.66. The van der Waals surface area contributed by atoms with Crippen molar-refractivity contribution in [3.8, 4) is 0 Å². The molecule has 1 atom stereocenters. The van der Waals surface area contributed by atoms with Crippen LogP contribution >= 0.6 is 23.1 Å². The summed E-state index contributed by atoms with van der Waals surface area (Å²) in [7, 11) is -3.67. The maximum Gasteiger partial charge on any atom is 0.249 e. The summed E-state index contributed by atoms with van der Waals surface area (Å²) in [5.41, 5.74) is 2.18. The van der Waals surface area contributed by atoms with Gasteiger partial charge in [-0.25, -0.2) is 8.42 Å². The summed E-state index contributed by atoms with van der Waals surface area (Å²) in [6.45, 7) is 9.34. The van der Waals surface area contributed by atoms with Crippen molar-refractivity contribution in [2.45, 2.75) is 50.3 Å². The quantitative estimate of drug-likeness (QED) is 0.536. The van der Waals surface area contributed by atoms with Crippen LogP contribution in [0.3, 0.4) is 0 Å². The zero-order valence-corrected chi connectivity index (χ0v) is 18.6. The number of hydrogen-bond acceptors (Lipinski definition) is 7. The topological polar surface area (TPSA) is 92.3 Å². The number of aromatic nitrogens is 2. The van der Waals surface area contributed by atoms with Gasteiger partial charge in [0.15, 0.2) is 4.34 Å². The van der Waals surface area contributed by atoms with Crippen LogP contribution in [0.2, 0.25) is 0 Å². The van der Waals surface area contributed by atoms with E-state index < -0.39 is 22.0 Å². The lowest BCUT2D eigenvalue weighted by Crippen LogP contribution is -2.45. The first-order chi connectivity index (χ1) is 12.5. The molecule has 0 spiro atoms. The summed E-state index contributed by atoms with van der Waals surface area (Å²) in [5.74, 6) is -0.460. The predicted molar refractivity (Wildman–Crippen MR) is 112 cm³/mol. The van der Waals surface area contributed by atoms with Crippen LogP contribution in [-0.4, -0.2) is 42.1 Å². The smallest absolute Gasteiger partial charge is 0.249 e. The van der Waals surface area contributed by atoms with E-state index in [0.717, 1.165) is 26.0 Å². The first kappa shape index (κ1) is 21.6. The molecule has 0 saturated carbocycles. The number of nitrogens with zero attached hydrogens (tertiary/aromatic N) is 3. The van der Waals surface area contributed by atoms with Crippen LogP contribution in [0.15, 0.2) is 22.5 Å². The van der Waals surface area contributed by atoms with E-state index >= 15 is 0 Å². The third-order valence-electron chi connectivity index (χ3n) is 3.66. The summed E-state index contributed by atoms with van der Waals surface area (Å²) in [5, 5.41) is 11.4. The summed E-state index contributed by atoms with van der Waals surface area (Å²) in [6.07, 6.45) is 1.10. The maximum absolute atomic E-state index is 12.7.